The van der Waals surface area contributed by atoms with Crippen LogP contribution in [0.5, 0.6) is 0 Å². The van der Waals surface area contributed by atoms with Gasteiger partial charge in [0.1, 0.15) is 0 Å². The van der Waals surface area contributed by atoms with Crippen LogP contribution in [-0.4, -0.2) is 52.7 Å². The fourth-order valence-electron chi connectivity index (χ4n) is 5.36. The predicted molar refractivity (Wildman–Crippen MR) is 149 cm³/mol. The first-order valence-corrected chi connectivity index (χ1v) is 14.3. The van der Waals surface area contributed by atoms with E-state index in [1.54, 1.807) is 0 Å². The first-order chi connectivity index (χ1) is 19.0. The number of aliphatic hydroxyl groups is 1. The van der Waals surface area contributed by atoms with Gasteiger partial charge in [-0.05, 0) is 62.0 Å². The maximum atomic E-state index is 12.4. The molecule has 4 rings (SSSR count). The van der Waals surface area contributed by atoms with E-state index >= 15 is 0 Å². The van der Waals surface area contributed by atoms with Gasteiger partial charge >= 0.3 is 5.97 Å². The number of rotatable bonds is 11. The first kappa shape index (κ1) is 29.2. The maximum absolute atomic E-state index is 12.4. The van der Waals surface area contributed by atoms with E-state index in [1.807, 2.05) is 48.5 Å². The molecule has 3 atom stereocenters. The van der Waals surface area contributed by atoms with Crippen LogP contribution in [-0.2, 0) is 25.7 Å². The largest absolute Gasteiger partial charge is 0.481 e. The minimum atomic E-state index is -0.845. The number of nitrogens with one attached hydrogen (secondary N) is 1. The Balaban J connectivity index is 1.45. The number of hydrogen-bond donors (Lipinski definition) is 3. The molecule has 0 radical (unpaired) electrons. The minimum absolute atomic E-state index is 0.00169. The summed E-state index contributed by atoms with van der Waals surface area (Å²) in [6, 6.07) is 15.5. The summed E-state index contributed by atoms with van der Waals surface area (Å²) in [5.41, 5.74) is 3.43. The van der Waals surface area contributed by atoms with E-state index in [2.05, 4.69) is 10.2 Å². The summed E-state index contributed by atoms with van der Waals surface area (Å²) >= 11 is 0. The SMILES string of the molecule is O=C(O)CCCCC(=O)Nc1cccc(C2OC(CN3CCCCCCC3)CC(c3ccc(CO)cc3)O2)c1. The molecule has 0 aliphatic carbocycles. The molecule has 2 aromatic rings. The van der Waals surface area contributed by atoms with Crippen molar-refractivity contribution in [2.75, 3.05) is 25.0 Å². The Hall–Kier alpha value is -2.78. The van der Waals surface area contributed by atoms with Gasteiger partial charge in [0.15, 0.2) is 6.29 Å². The lowest BCUT2D eigenvalue weighted by Crippen LogP contribution is -2.40. The van der Waals surface area contributed by atoms with Gasteiger partial charge in [0, 0.05) is 37.1 Å². The van der Waals surface area contributed by atoms with Crippen LogP contribution in [0.2, 0.25) is 0 Å². The lowest BCUT2D eigenvalue weighted by Gasteiger charge is -2.39. The summed E-state index contributed by atoms with van der Waals surface area (Å²) in [6.07, 6.45) is 7.70. The van der Waals surface area contributed by atoms with Gasteiger partial charge in [-0.2, -0.15) is 0 Å². The zero-order valence-electron chi connectivity index (χ0n) is 22.7. The van der Waals surface area contributed by atoms with Crippen LogP contribution in [0.25, 0.3) is 0 Å². The van der Waals surface area contributed by atoms with E-state index in [0.29, 0.717) is 18.5 Å². The van der Waals surface area contributed by atoms with Gasteiger partial charge in [0.25, 0.3) is 0 Å². The molecule has 3 unspecified atom stereocenters. The number of amides is 1. The van der Waals surface area contributed by atoms with Gasteiger partial charge in [-0.25, -0.2) is 0 Å². The number of hydrogen-bond acceptors (Lipinski definition) is 6. The molecule has 2 aliphatic rings. The number of ether oxygens (including phenoxy) is 2. The summed E-state index contributed by atoms with van der Waals surface area (Å²) in [6.45, 7) is 3.05. The van der Waals surface area contributed by atoms with Crippen molar-refractivity contribution in [2.45, 2.75) is 89.3 Å². The monoisotopic (exact) mass is 538 g/mol. The Kier molecular flexibility index (Phi) is 11.3. The van der Waals surface area contributed by atoms with Crippen molar-refractivity contribution < 1.29 is 29.3 Å². The third-order valence-electron chi connectivity index (χ3n) is 7.51. The average Bonchev–Trinajstić information content (AvgIpc) is 2.92. The Labute approximate surface area is 231 Å². The lowest BCUT2D eigenvalue weighted by molar-refractivity contribution is -0.253. The van der Waals surface area contributed by atoms with Gasteiger partial charge < -0.3 is 29.9 Å². The number of carboxylic acids is 1. The smallest absolute Gasteiger partial charge is 0.303 e. The molecule has 3 N–H and O–H groups in total. The molecule has 0 aromatic heterocycles. The molecular weight excluding hydrogens is 496 g/mol. The maximum Gasteiger partial charge on any atom is 0.303 e. The Morgan fingerprint density at radius 1 is 0.897 bits per heavy atom. The second kappa shape index (κ2) is 15.1. The topological polar surface area (TPSA) is 108 Å². The number of benzene rings is 2. The fourth-order valence-corrected chi connectivity index (χ4v) is 5.36. The van der Waals surface area contributed by atoms with E-state index in [4.69, 9.17) is 14.6 Å². The lowest BCUT2D eigenvalue weighted by atomic mass is 9.99. The summed E-state index contributed by atoms with van der Waals surface area (Å²) in [4.78, 5) is 25.6. The molecule has 1 amide bonds. The molecule has 2 aliphatic heterocycles. The second-order valence-corrected chi connectivity index (χ2v) is 10.7. The number of likely N-dealkylation sites (tertiary alicyclic amines) is 1. The highest BCUT2D eigenvalue weighted by molar-refractivity contribution is 5.90. The van der Waals surface area contributed by atoms with Gasteiger partial charge in [0.05, 0.1) is 18.8 Å². The Bertz CT molecular complexity index is 1050. The first-order valence-electron chi connectivity index (χ1n) is 14.3. The van der Waals surface area contributed by atoms with E-state index in [9.17, 15) is 14.7 Å². The van der Waals surface area contributed by atoms with Gasteiger partial charge in [-0.15, -0.1) is 0 Å². The summed E-state index contributed by atoms with van der Waals surface area (Å²) < 4.78 is 13.0. The molecule has 2 fully saturated rings. The van der Waals surface area contributed by atoms with Gasteiger partial charge in [0.2, 0.25) is 5.91 Å². The van der Waals surface area contributed by atoms with Crippen molar-refractivity contribution in [1.82, 2.24) is 4.90 Å². The van der Waals surface area contributed by atoms with Crippen LogP contribution >= 0.6 is 0 Å². The third kappa shape index (κ3) is 9.42. The molecule has 212 valence electrons. The second-order valence-electron chi connectivity index (χ2n) is 10.7. The number of anilines is 1. The quantitative estimate of drug-likeness (QED) is 0.321. The highest BCUT2D eigenvalue weighted by atomic mass is 16.7. The number of aliphatic hydroxyl groups excluding tert-OH is 1. The average molecular weight is 539 g/mol. The molecule has 8 nitrogen and oxygen atoms in total. The van der Waals surface area contributed by atoms with Crippen LogP contribution in [0.15, 0.2) is 48.5 Å². The molecule has 0 saturated carbocycles. The molecule has 2 saturated heterocycles. The van der Waals surface area contributed by atoms with Crippen LogP contribution in [0.3, 0.4) is 0 Å². The zero-order valence-corrected chi connectivity index (χ0v) is 22.7. The number of carbonyl (C=O) groups is 2. The molecule has 2 aromatic carbocycles. The molecule has 8 heteroatoms. The number of aliphatic carboxylic acids is 1. The Morgan fingerprint density at radius 2 is 1.62 bits per heavy atom. The van der Waals surface area contributed by atoms with Gasteiger partial charge in [-0.3, -0.25) is 9.59 Å². The summed E-state index contributed by atoms with van der Waals surface area (Å²) in [7, 11) is 0. The standard InChI is InChI=1S/C31H42N2O6/c34-22-23-13-15-24(16-14-23)28-20-27(21-33-17-6-2-1-3-7-18-33)38-31(39-28)25-9-8-10-26(19-25)32-29(35)11-4-5-12-30(36)37/h8-10,13-16,19,27-28,31,34H,1-7,11-12,17-18,20-22H2,(H,32,35)(H,36,37). The van der Waals surface area contributed by atoms with Crippen molar-refractivity contribution in [2.24, 2.45) is 0 Å². The van der Waals surface area contributed by atoms with Crippen molar-refractivity contribution in [3.8, 4) is 0 Å². The Morgan fingerprint density at radius 3 is 2.33 bits per heavy atom. The van der Waals surface area contributed by atoms with Crippen molar-refractivity contribution in [1.29, 1.82) is 0 Å². The molecule has 0 bridgehead atoms. The highest BCUT2D eigenvalue weighted by Crippen LogP contribution is 2.38. The molecule has 2 heterocycles. The number of unbranched alkanes of at least 4 members (excludes halogenated alkanes) is 1. The van der Waals surface area contributed by atoms with Crippen LogP contribution in [0, 0.1) is 0 Å². The normalized spacial score (nSPS) is 22.5. The van der Waals surface area contributed by atoms with Crippen molar-refractivity contribution >= 4 is 17.6 Å². The van der Waals surface area contributed by atoms with E-state index in [-0.39, 0.29) is 37.6 Å². The predicted octanol–water partition coefficient (Wildman–Crippen LogP) is 5.57. The number of nitrogens with zero attached hydrogens (tertiary/aromatic N) is 1. The molecule has 0 spiro atoms. The zero-order chi connectivity index (χ0) is 27.5. The molecule has 39 heavy (non-hydrogen) atoms. The highest BCUT2D eigenvalue weighted by Gasteiger charge is 2.33. The fraction of sp³-hybridized carbons (Fsp3) is 0.548. The van der Waals surface area contributed by atoms with Crippen LogP contribution in [0.4, 0.5) is 5.69 Å². The van der Waals surface area contributed by atoms with E-state index in [0.717, 1.165) is 42.7 Å². The third-order valence-corrected chi connectivity index (χ3v) is 7.51. The van der Waals surface area contributed by atoms with Crippen LogP contribution in [0.1, 0.15) is 93.3 Å². The summed E-state index contributed by atoms with van der Waals surface area (Å²) in [5, 5.41) is 21.2. The number of carbonyl (C=O) groups excluding carboxylic acids is 1. The summed E-state index contributed by atoms with van der Waals surface area (Å²) in [5.74, 6) is -0.984. The van der Waals surface area contributed by atoms with Gasteiger partial charge in [-0.1, -0.05) is 55.7 Å². The molecular formula is C31H42N2O6. The van der Waals surface area contributed by atoms with Crippen molar-refractivity contribution in [3.63, 3.8) is 0 Å². The van der Waals surface area contributed by atoms with Crippen LogP contribution < -0.4 is 5.32 Å². The minimum Gasteiger partial charge on any atom is -0.481 e. The van der Waals surface area contributed by atoms with E-state index < -0.39 is 12.3 Å². The number of carboxylic acid groups (broad SMARTS) is 1. The van der Waals surface area contributed by atoms with E-state index in [1.165, 1.54) is 32.1 Å². The van der Waals surface area contributed by atoms with Crippen molar-refractivity contribution in [3.05, 3.63) is 65.2 Å².